The summed E-state index contributed by atoms with van der Waals surface area (Å²) in [6.45, 7) is 4.06. The second-order valence-corrected chi connectivity index (χ2v) is 8.65. The molecule has 2 heterocycles. The van der Waals surface area contributed by atoms with Crippen molar-refractivity contribution >= 4 is 34.2 Å². The number of morpholine rings is 1. The Hall–Kier alpha value is -3.42. The number of ether oxygens (including phenoxy) is 2. The van der Waals surface area contributed by atoms with Crippen LogP contribution in [-0.4, -0.2) is 50.1 Å². The van der Waals surface area contributed by atoms with Crippen LogP contribution in [0.1, 0.15) is 21.5 Å². The van der Waals surface area contributed by atoms with Crippen LogP contribution < -0.4 is 10.1 Å². The minimum absolute atomic E-state index is 0.0821. The molecule has 2 amide bonds. The Morgan fingerprint density at radius 1 is 1.09 bits per heavy atom. The van der Waals surface area contributed by atoms with Crippen LogP contribution in [-0.2, 0) is 9.53 Å². The average molecular weight is 463 g/mol. The Labute approximate surface area is 197 Å². The van der Waals surface area contributed by atoms with Crippen molar-refractivity contribution in [3.05, 3.63) is 77.4 Å². The molecule has 33 heavy (non-hydrogen) atoms. The molecular weight excluding hydrogens is 436 g/mol. The van der Waals surface area contributed by atoms with E-state index in [1.165, 1.54) is 17.4 Å². The fraction of sp³-hybridized carbons (Fsp3) is 0.231. The van der Waals surface area contributed by atoms with Gasteiger partial charge in [0.15, 0.2) is 0 Å². The number of benzene rings is 2. The van der Waals surface area contributed by atoms with Crippen LogP contribution in [0, 0.1) is 6.92 Å². The number of amides is 2. The highest BCUT2D eigenvalue weighted by atomic mass is 32.1. The predicted molar refractivity (Wildman–Crippen MR) is 132 cm³/mol. The molecular formula is C26H26N2O4S. The van der Waals surface area contributed by atoms with Crippen LogP contribution in [0.2, 0.25) is 0 Å². The minimum Gasteiger partial charge on any atom is -0.497 e. The van der Waals surface area contributed by atoms with Gasteiger partial charge < -0.3 is 19.7 Å². The van der Waals surface area contributed by atoms with E-state index in [1.807, 2.05) is 61.5 Å². The number of hydrogen-bond donors (Lipinski definition) is 1. The van der Waals surface area contributed by atoms with Crippen molar-refractivity contribution in [3.63, 3.8) is 0 Å². The smallest absolute Gasteiger partial charge is 0.257 e. The molecule has 0 atom stereocenters. The zero-order valence-corrected chi connectivity index (χ0v) is 19.5. The van der Waals surface area contributed by atoms with E-state index in [0.29, 0.717) is 36.9 Å². The largest absolute Gasteiger partial charge is 0.497 e. The van der Waals surface area contributed by atoms with Gasteiger partial charge in [-0.3, -0.25) is 9.59 Å². The maximum Gasteiger partial charge on any atom is 0.257 e. The summed E-state index contributed by atoms with van der Waals surface area (Å²) in [5.41, 5.74) is 3.28. The molecule has 4 rings (SSSR count). The summed E-state index contributed by atoms with van der Waals surface area (Å²) in [6.07, 6.45) is 3.19. The van der Waals surface area contributed by atoms with E-state index < -0.39 is 0 Å². The maximum atomic E-state index is 13.4. The fourth-order valence-electron chi connectivity index (χ4n) is 3.72. The third-order valence-electron chi connectivity index (χ3n) is 5.45. The number of anilines is 1. The van der Waals surface area contributed by atoms with Crippen LogP contribution >= 0.6 is 11.3 Å². The Morgan fingerprint density at radius 2 is 1.85 bits per heavy atom. The van der Waals surface area contributed by atoms with Crippen molar-refractivity contribution in [1.29, 1.82) is 0 Å². The summed E-state index contributed by atoms with van der Waals surface area (Å²) in [6, 6.07) is 17.4. The Balaban J connectivity index is 1.63. The predicted octanol–water partition coefficient (Wildman–Crippen LogP) is 4.86. The summed E-state index contributed by atoms with van der Waals surface area (Å²) in [5, 5.41) is 3.50. The van der Waals surface area contributed by atoms with Crippen LogP contribution in [0.15, 0.2) is 60.7 Å². The molecule has 7 heteroatoms. The second-order valence-electron chi connectivity index (χ2n) is 7.63. The second kappa shape index (κ2) is 10.5. The van der Waals surface area contributed by atoms with Gasteiger partial charge in [-0.2, -0.15) is 0 Å². The molecule has 0 spiro atoms. The quantitative estimate of drug-likeness (QED) is 0.532. The number of hydrogen-bond acceptors (Lipinski definition) is 5. The van der Waals surface area contributed by atoms with E-state index >= 15 is 0 Å². The van der Waals surface area contributed by atoms with Gasteiger partial charge in [0, 0.05) is 24.0 Å². The lowest BCUT2D eigenvalue weighted by atomic mass is 10.1. The molecule has 1 saturated heterocycles. The average Bonchev–Trinajstić information content (AvgIpc) is 3.18. The highest BCUT2D eigenvalue weighted by Gasteiger charge is 2.27. The van der Waals surface area contributed by atoms with Crippen LogP contribution in [0.25, 0.3) is 16.5 Å². The number of rotatable bonds is 6. The van der Waals surface area contributed by atoms with Crippen LogP contribution in [0.4, 0.5) is 5.00 Å². The summed E-state index contributed by atoms with van der Waals surface area (Å²) < 4.78 is 10.6. The number of thiophene rings is 1. The zero-order valence-electron chi connectivity index (χ0n) is 18.7. The van der Waals surface area contributed by atoms with Crippen molar-refractivity contribution in [2.24, 2.45) is 0 Å². The third kappa shape index (κ3) is 5.32. The molecule has 0 saturated carbocycles. The van der Waals surface area contributed by atoms with Gasteiger partial charge in [-0.1, -0.05) is 42.5 Å². The van der Waals surface area contributed by atoms with Gasteiger partial charge >= 0.3 is 0 Å². The van der Waals surface area contributed by atoms with E-state index in [2.05, 4.69) is 5.32 Å². The Morgan fingerprint density at radius 3 is 2.58 bits per heavy atom. The molecule has 1 aliphatic heterocycles. The van der Waals surface area contributed by atoms with Crippen molar-refractivity contribution in [1.82, 2.24) is 4.90 Å². The molecule has 1 aliphatic rings. The van der Waals surface area contributed by atoms with E-state index in [0.717, 1.165) is 27.3 Å². The number of methoxy groups -OCH3 is 1. The van der Waals surface area contributed by atoms with Gasteiger partial charge in [0.2, 0.25) is 5.91 Å². The molecule has 6 nitrogen and oxygen atoms in total. The molecule has 1 aromatic heterocycles. The van der Waals surface area contributed by atoms with E-state index in [4.69, 9.17) is 9.47 Å². The Bertz CT molecular complexity index is 1160. The van der Waals surface area contributed by atoms with Gasteiger partial charge in [-0.25, -0.2) is 0 Å². The first-order valence-electron chi connectivity index (χ1n) is 10.8. The summed E-state index contributed by atoms with van der Waals surface area (Å²) in [7, 11) is 1.60. The molecule has 3 aromatic rings. The van der Waals surface area contributed by atoms with Gasteiger partial charge in [-0.15, -0.1) is 11.3 Å². The monoisotopic (exact) mass is 462 g/mol. The molecule has 1 N–H and O–H groups in total. The number of nitrogens with one attached hydrogen (secondary N) is 1. The Kier molecular flexibility index (Phi) is 7.22. The molecule has 0 radical (unpaired) electrons. The summed E-state index contributed by atoms with van der Waals surface area (Å²) >= 11 is 1.42. The lowest BCUT2D eigenvalue weighted by Gasteiger charge is -2.27. The van der Waals surface area contributed by atoms with Crippen molar-refractivity contribution in [2.45, 2.75) is 6.92 Å². The third-order valence-corrected chi connectivity index (χ3v) is 6.71. The van der Waals surface area contributed by atoms with Crippen LogP contribution in [0.3, 0.4) is 0 Å². The molecule has 170 valence electrons. The van der Waals surface area contributed by atoms with Gasteiger partial charge in [0.1, 0.15) is 10.8 Å². The van der Waals surface area contributed by atoms with Gasteiger partial charge in [0.25, 0.3) is 5.91 Å². The molecule has 0 unspecified atom stereocenters. The summed E-state index contributed by atoms with van der Waals surface area (Å²) in [4.78, 5) is 29.0. The lowest BCUT2D eigenvalue weighted by Crippen LogP contribution is -2.41. The maximum absolute atomic E-state index is 13.4. The number of nitrogens with zero attached hydrogens (tertiary/aromatic N) is 1. The molecule has 2 aromatic carbocycles. The highest BCUT2D eigenvalue weighted by Crippen LogP contribution is 2.40. The lowest BCUT2D eigenvalue weighted by molar-refractivity contribution is -0.111. The highest BCUT2D eigenvalue weighted by molar-refractivity contribution is 7.20. The van der Waals surface area contributed by atoms with Crippen molar-refractivity contribution in [2.75, 3.05) is 38.7 Å². The van der Waals surface area contributed by atoms with Gasteiger partial charge in [0.05, 0.1) is 25.9 Å². The first-order valence-corrected chi connectivity index (χ1v) is 11.6. The fourth-order valence-corrected chi connectivity index (χ4v) is 4.93. The first-order chi connectivity index (χ1) is 16.1. The summed E-state index contributed by atoms with van der Waals surface area (Å²) in [5.74, 6) is 0.341. The first kappa shape index (κ1) is 22.8. The normalized spacial score (nSPS) is 13.8. The van der Waals surface area contributed by atoms with E-state index in [-0.39, 0.29) is 11.8 Å². The van der Waals surface area contributed by atoms with Gasteiger partial charge in [-0.05, 0) is 41.8 Å². The molecule has 0 bridgehead atoms. The molecule has 1 fully saturated rings. The zero-order chi connectivity index (χ0) is 23.2. The van der Waals surface area contributed by atoms with E-state index in [1.54, 1.807) is 18.1 Å². The number of carbonyl (C=O) groups is 2. The number of carbonyl (C=O) groups excluding carboxylic acids is 2. The van der Waals surface area contributed by atoms with Crippen LogP contribution in [0.5, 0.6) is 5.75 Å². The minimum atomic E-state index is -0.297. The van der Waals surface area contributed by atoms with Crippen molar-refractivity contribution < 1.29 is 19.1 Å². The van der Waals surface area contributed by atoms with E-state index in [9.17, 15) is 9.59 Å². The standard InChI is InChI=1S/C26H26N2O4S/c1-18-23(26(30)28-13-15-32-16-14-28)25(33-24(18)20-8-4-3-5-9-20)27-22(29)12-11-19-7-6-10-21(17-19)31-2/h3-12,17H,13-16H2,1-2H3,(H,27,29)/b12-11+. The van der Waals surface area contributed by atoms with Crippen molar-refractivity contribution in [3.8, 4) is 16.2 Å². The topological polar surface area (TPSA) is 67.9 Å². The SMILES string of the molecule is COc1cccc(/C=C/C(=O)Nc2sc(-c3ccccc3)c(C)c2C(=O)N2CCOCC2)c1. The molecule has 0 aliphatic carbocycles.